The predicted octanol–water partition coefficient (Wildman–Crippen LogP) is 0.317. The first kappa shape index (κ1) is 12.9. The second-order valence-corrected chi connectivity index (χ2v) is 2.89. The maximum absolute atomic E-state index is 10.8. The average Bonchev–Trinajstić information content (AvgIpc) is 2.52. The van der Waals surface area contributed by atoms with E-state index < -0.39 is 11.9 Å². The fourth-order valence-corrected chi connectivity index (χ4v) is 1.27. The number of anilines is 1. The summed E-state index contributed by atoms with van der Waals surface area (Å²) in [5.41, 5.74) is -0.0793. The fraction of sp³-hybridized carbons (Fsp3) is 0. The van der Waals surface area contributed by atoms with Gasteiger partial charge in [-0.05, 0) is 6.08 Å². The number of carboxylic acids is 1. The van der Waals surface area contributed by atoms with Gasteiger partial charge >= 0.3 is 24.8 Å². The molecule has 0 aliphatic carbocycles. The van der Waals surface area contributed by atoms with Crippen molar-refractivity contribution < 1.29 is 14.7 Å². The summed E-state index contributed by atoms with van der Waals surface area (Å²) >= 11 is 1.05. The van der Waals surface area contributed by atoms with Crippen LogP contribution >= 0.6 is 11.3 Å². The quantitative estimate of drug-likeness (QED) is 0.551. The van der Waals surface area contributed by atoms with Crippen LogP contribution in [-0.4, -0.2) is 40.8 Å². The molecule has 5 nitrogen and oxygen atoms in total. The van der Waals surface area contributed by atoms with E-state index in [-0.39, 0.29) is 29.7 Å². The number of carbonyl (C=O) groups is 2. The van der Waals surface area contributed by atoms with Crippen molar-refractivity contribution in [2.45, 2.75) is 0 Å². The number of amides is 1. The van der Waals surface area contributed by atoms with E-state index in [0.717, 1.165) is 17.4 Å². The Morgan fingerprint density at radius 1 is 1.64 bits per heavy atom. The molecule has 1 aromatic rings. The zero-order chi connectivity index (χ0) is 9.84. The van der Waals surface area contributed by atoms with Crippen molar-refractivity contribution in [3.8, 4) is 0 Å². The number of nitrogens with zero attached hydrogens (tertiary/aromatic N) is 1. The van der Waals surface area contributed by atoms with Gasteiger partial charge in [0.25, 0.3) is 0 Å². The molecule has 2 N–H and O–H groups in total. The Kier molecular flexibility index (Phi) is 5.16. The molecule has 1 amide bonds. The van der Waals surface area contributed by atoms with Gasteiger partial charge in [-0.15, -0.1) is 11.3 Å². The van der Waals surface area contributed by atoms with Crippen molar-refractivity contribution in [1.29, 1.82) is 0 Å². The Morgan fingerprint density at radius 2 is 2.29 bits per heavy atom. The molecule has 1 rings (SSSR count). The Bertz CT molecular complexity index is 364. The zero-order valence-electron chi connectivity index (χ0n) is 6.48. The topological polar surface area (TPSA) is 79.3 Å². The Labute approximate surface area is 96.0 Å². The Balaban J connectivity index is 0.00000169. The normalized spacial score (nSPS) is 8.57. The van der Waals surface area contributed by atoms with Gasteiger partial charge < -0.3 is 5.11 Å². The van der Waals surface area contributed by atoms with Crippen molar-refractivity contribution in [3.63, 3.8) is 0 Å². The molecular weight excluding hydrogens is 199 g/mol. The number of thiazole rings is 1. The van der Waals surface area contributed by atoms with Crippen LogP contribution in [0.2, 0.25) is 0 Å². The molecule has 0 aliphatic rings. The van der Waals surface area contributed by atoms with Crippen LogP contribution in [0.25, 0.3) is 0 Å². The number of hydrogen-bond acceptors (Lipinski definition) is 4. The molecule has 0 aliphatic heterocycles. The van der Waals surface area contributed by atoms with Gasteiger partial charge in [-0.2, -0.15) is 0 Å². The van der Waals surface area contributed by atoms with Crippen molar-refractivity contribution in [3.05, 3.63) is 23.7 Å². The molecule has 0 saturated carbocycles. The molecule has 7 heteroatoms. The minimum atomic E-state index is -1.12. The third-order valence-electron chi connectivity index (χ3n) is 1.14. The summed E-state index contributed by atoms with van der Waals surface area (Å²) in [5, 5.41) is 12.5. The van der Waals surface area contributed by atoms with E-state index in [1.54, 1.807) is 0 Å². The Hall–Kier alpha value is -1.09. The number of hydrogen-bond donors (Lipinski definition) is 2. The van der Waals surface area contributed by atoms with E-state index in [4.69, 9.17) is 5.11 Å². The number of aromatic nitrogens is 1. The molecule has 1 heterocycles. The molecule has 0 fully saturated rings. The van der Waals surface area contributed by atoms with Crippen molar-refractivity contribution in [2.75, 3.05) is 5.32 Å². The summed E-state index contributed by atoms with van der Waals surface area (Å²) in [6, 6.07) is 0. The SMILES string of the molecule is C=CC(=O)Nc1nc(C(=O)O)cs1.[LiH]. The van der Waals surface area contributed by atoms with Crippen molar-refractivity contribution in [1.82, 2.24) is 4.98 Å². The van der Waals surface area contributed by atoms with Gasteiger partial charge in [-0.25, -0.2) is 9.78 Å². The first-order chi connectivity index (χ1) is 6.13. The third-order valence-corrected chi connectivity index (χ3v) is 1.90. The van der Waals surface area contributed by atoms with Crippen LogP contribution < -0.4 is 5.32 Å². The summed E-state index contributed by atoms with van der Waals surface area (Å²) in [5.74, 6) is -1.53. The van der Waals surface area contributed by atoms with Gasteiger partial charge in [0.2, 0.25) is 5.91 Å². The maximum atomic E-state index is 10.8. The summed E-state index contributed by atoms with van der Waals surface area (Å²) in [6.07, 6.45) is 1.09. The zero-order valence-corrected chi connectivity index (χ0v) is 7.30. The molecule has 0 radical (unpaired) electrons. The van der Waals surface area contributed by atoms with Gasteiger partial charge in [0.05, 0.1) is 0 Å². The van der Waals surface area contributed by atoms with E-state index in [9.17, 15) is 9.59 Å². The van der Waals surface area contributed by atoms with Crippen LogP contribution in [0.1, 0.15) is 10.5 Å². The molecule has 0 spiro atoms. The molecule has 0 bridgehead atoms. The first-order valence-electron chi connectivity index (χ1n) is 3.25. The molecule has 0 aromatic carbocycles. The molecular formula is C7H7LiN2O3S. The predicted molar refractivity (Wildman–Crippen MR) is 55.0 cm³/mol. The van der Waals surface area contributed by atoms with Crippen molar-refractivity contribution >= 4 is 47.2 Å². The molecule has 70 valence electrons. The van der Waals surface area contributed by atoms with Crippen LogP contribution in [0.3, 0.4) is 0 Å². The number of carboxylic acid groups (broad SMARTS) is 1. The second-order valence-electron chi connectivity index (χ2n) is 2.04. The molecule has 0 atom stereocenters. The van der Waals surface area contributed by atoms with Crippen LogP contribution in [-0.2, 0) is 4.79 Å². The molecule has 1 aromatic heterocycles. The van der Waals surface area contributed by atoms with Crippen LogP contribution in [0.15, 0.2) is 18.0 Å². The first-order valence-corrected chi connectivity index (χ1v) is 4.13. The fourth-order valence-electron chi connectivity index (χ4n) is 0.586. The number of aromatic carboxylic acids is 1. The Morgan fingerprint density at radius 3 is 2.71 bits per heavy atom. The average molecular weight is 206 g/mol. The molecule has 14 heavy (non-hydrogen) atoms. The van der Waals surface area contributed by atoms with Crippen LogP contribution in [0.5, 0.6) is 0 Å². The molecule has 0 unspecified atom stereocenters. The number of rotatable bonds is 3. The van der Waals surface area contributed by atoms with Gasteiger partial charge in [-0.3, -0.25) is 10.1 Å². The van der Waals surface area contributed by atoms with Gasteiger partial charge in [0.15, 0.2) is 10.8 Å². The summed E-state index contributed by atoms with van der Waals surface area (Å²) in [7, 11) is 0. The third kappa shape index (κ3) is 3.34. The molecule has 0 saturated heterocycles. The number of carbonyl (C=O) groups excluding carboxylic acids is 1. The van der Waals surface area contributed by atoms with E-state index in [2.05, 4.69) is 16.9 Å². The van der Waals surface area contributed by atoms with Gasteiger partial charge in [0, 0.05) is 5.38 Å². The number of nitrogens with one attached hydrogen (secondary N) is 1. The monoisotopic (exact) mass is 206 g/mol. The van der Waals surface area contributed by atoms with Gasteiger partial charge in [0.1, 0.15) is 0 Å². The van der Waals surface area contributed by atoms with E-state index in [0.29, 0.717) is 0 Å². The van der Waals surface area contributed by atoms with Crippen LogP contribution in [0.4, 0.5) is 5.13 Å². The summed E-state index contributed by atoms with van der Waals surface area (Å²) in [6.45, 7) is 3.25. The minimum absolute atomic E-state index is 0. The van der Waals surface area contributed by atoms with E-state index in [1.807, 2.05) is 0 Å². The van der Waals surface area contributed by atoms with E-state index in [1.165, 1.54) is 5.38 Å². The van der Waals surface area contributed by atoms with Crippen LogP contribution in [0, 0.1) is 0 Å². The summed E-state index contributed by atoms with van der Waals surface area (Å²) in [4.78, 5) is 24.8. The summed E-state index contributed by atoms with van der Waals surface area (Å²) < 4.78 is 0. The van der Waals surface area contributed by atoms with Gasteiger partial charge in [-0.1, -0.05) is 6.58 Å². The second kappa shape index (κ2) is 5.60. The van der Waals surface area contributed by atoms with E-state index >= 15 is 0 Å². The standard InChI is InChI=1S/C7H6N2O3S.Li.H/c1-2-5(10)9-7-8-4(3-13-7)6(11)12;;/h2-3H,1H2,(H,11,12)(H,8,9,10);;. The van der Waals surface area contributed by atoms with Crippen molar-refractivity contribution in [2.24, 2.45) is 0 Å².